The van der Waals surface area contributed by atoms with Gasteiger partial charge >= 0.3 is 0 Å². The second-order valence-corrected chi connectivity index (χ2v) is 12.5. The number of rotatable bonds is 5. The highest BCUT2D eigenvalue weighted by Crippen LogP contribution is 2.46. The van der Waals surface area contributed by atoms with E-state index in [2.05, 4.69) is 0 Å². The van der Waals surface area contributed by atoms with Crippen LogP contribution in [0.15, 0.2) is 42.5 Å². The van der Waals surface area contributed by atoms with Crippen LogP contribution < -0.4 is 4.90 Å². The zero-order chi connectivity index (χ0) is 24.2. The summed E-state index contributed by atoms with van der Waals surface area (Å²) < 4.78 is 23.6. The average Bonchev–Trinajstić information content (AvgIpc) is 2.96. The molecule has 2 aromatic carbocycles. The minimum Gasteiger partial charge on any atom is -0.295 e. The molecule has 2 aliphatic rings. The number of nitrogens with zero attached hydrogens (tertiary/aromatic N) is 1. The van der Waals surface area contributed by atoms with Gasteiger partial charge in [0, 0.05) is 23.2 Å². The van der Waals surface area contributed by atoms with E-state index >= 15 is 0 Å². The lowest BCUT2D eigenvalue weighted by molar-refractivity contribution is -0.121. The lowest BCUT2D eigenvalue weighted by Crippen LogP contribution is -2.33. The van der Waals surface area contributed by atoms with Crippen molar-refractivity contribution < 1.29 is 22.8 Å². The largest absolute Gasteiger partial charge is 0.295 e. The predicted octanol–water partition coefficient (Wildman–Crippen LogP) is 4.63. The molecule has 1 fully saturated rings. The normalized spacial score (nSPS) is 20.4. The first-order chi connectivity index (χ1) is 15.3. The minimum atomic E-state index is -3.00. The molecule has 0 atom stereocenters. The molecule has 7 heteroatoms. The second kappa shape index (κ2) is 7.90. The summed E-state index contributed by atoms with van der Waals surface area (Å²) in [6.45, 7) is 7.14. The number of anilines is 2. The molecule has 174 valence electrons. The molecule has 0 bridgehead atoms. The highest BCUT2D eigenvalue weighted by Gasteiger charge is 2.45. The smallest absolute Gasteiger partial charge is 0.241 e. The number of Topliss-reactive ketones (excluding diaryl/α,β-unsaturated/α-hetero) is 2. The van der Waals surface area contributed by atoms with E-state index in [0.717, 1.165) is 5.56 Å². The first-order valence-electron chi connectivity index (χ1n) is 11.2. The van der Waals surface area contributed by atoms with Crippen LogP contribution in [0.1, 0.15) is 73.2 Å². The number of benzene rings is 2. The van der Waals surface area contributed by atoms with Gasteiger partial charge in [-0.05, 0) is 74.9 Å². The van der Waals surface area contributed by atoms with Crippen LogP contribution in [0.25, 0.3) is 0 Å². The van der Waals surface area contributed by atoms with Crippen LogP contribution in [0.3, 0.4) is 0 Å². The number of carbonyl (C=O) groups is 3. The average molecular weight is 468 g/mol. The summed E-state index contributed by atoms with van der Waals surface area (Å²) in [5.41, 5.74) is 1.98. The van der Waals surface area contributed by atoms with Gasteiger partial charge in [0.2, 0.25) is 5.91 Å². The van der Waals surface area contributed by atoms with Gasteiger partial charge in [0.1, 0.15) is 9.84 Å². The number of sulfone groups is 1. The van der Waals surface area contributed by atoms with Crippen molar-refractivity contribution in [2.45, 2.75) is 52.4 Å². The Labute approximate surface area is 194 Å². The molecule has 0 aliphatic carbocycles. The predicted molar refractivity (Wildman–Crippen MR) is 128 cm³/mol. The van der Waals surface area contributed by atoms with Gasteiger partial charge in [0.05, 0.1) is 22.6 Å². The van der Waals surface area contributed by atoms with Gasteiger partial charge in [-0.3, -0.25) is 19.3 Å². The number of hydrogen-bond acceptors (Lipinski definition) is 5. The Morgan fingerprint density at radius 2 is 1.64 bits per heavy atom. The molecule has 0 N–H and O–H groups in total. The molecule has 2 aliphatic heterocycles. The quantitative estimate of drug-likeness (QED) is 0.598. The molecule has 2 aromatic rings. The van der Waals surface area contributed by atoms with Gasteiger partial charge in [-0.15, -0.1) is 0 Å². The van der Waals surface area contributed by atoms with E-state index in [4.69, 9.17) is 0 Å². The molecular formula is C26H29NO5S. The number of amides is 1. The zero-order valence-corrected chi connectivity index (χ0v) is 20.3. The van der Waals surface area contributed by atoms with Crippen LogP contribution in [-0.4, -0.2) is 37.4 Å². The third kappa shape index (κ3) is 4.26. The van der Waals surface area contributed by atoms with Crippen molar-refractivity contribution in [3.8, 4) is 0 Å². The van der Waals surface area contributed by atoms with Gasteiger partial charge in [-0.25, -0.2) is 8.42 Å². The molecule has 1 saturated heterocycles. The Bertz CT molecular complexity index is 1260. The fourth-order valence-corrected chi connectivity index (χ4v) is 6.54. The Hall–Kier alpha value is -2.80. The monoisotopic (exact) mass is 467 g/mol. The minimum absolute atomic E-state index is 0.0418. The standard InChI is InChI=1S/C26H29NO5S/c1-17(28)18-6-5-7-20(14-18)27-22-9-8-19(15-21(22)25(2,3)24(27)30)23(29)16-26(4)10-12-33(31,32)13-11-26/h5-9,14-15H,10-13,16H2,1-4H3. The van der Waals surface area contributed by atoms with Crippen molar-refractivity contribution in [2.75, 3.05) is 16.4 Å². The maximum Gasteiger partial charge on any atom is 0.241 e. The van der Waals surface area contributed by atoms with Crippen LogP contribution >= 0.6 is 0 Å². The van der Waals surface area contributed by atoms with E-state index in [0.29, 0.717) is 35.3 Å². The summed E-state index contributed by atoms with van der Waals surface area (Å²) >= 11 is 0. The van der Waals surface area contributed by atoms with Crippen molar-refractivity contribution >= 4 is 38.7 Å². The molecule has 0 aromatic heterocycles. The van der Waals surface area contributed by atoms with Crippen molar-refractivity contribution in [1.82, 2.24) is 0 Å². The summed E-state index contributed by atoms with van der Waals surface area (Å²) in [5, 5.41) is 0. The SMILES string of the molecule is CC(=O)c1cccc(N2C(=O)C(C)(C)c3cc(C(=O)CC4(C)CCS(=O)(=O)CC4)ccc32)c1. The lowest BCUT2D eigenvalue weighted by atomic mass is 9.78. The summed E-state index contributed by atoms with van der Waals surface area (Å²) in [5.74, 6) is 0.00757. The Kier molecular flexibility index (Phi) is 5.60. The number of carbonyl (C=O) groups excluding carboxylic acids is 3. The first-order valence-corrected chi connectivity index (χ1v) is 13.0. The summed E-state index contributed by atoms with van der Waals surface area (Å²) in [7, 11) is -3.00. The van der Waals surface area contributed by atoms with E-state index in [1.54, 1.807) is 47.4 Å². The summed E-state index contributed by atoms with van der Waals surface area (Å²) in [6, 6.07) is 12.3. The van der Waals surface area contributed by atoms with E-state index < -0.39 is 15.3 Å². The van der Waals surface area contributed by atoms with Crippen LogP contribution in [0.5, 0.6) is 0 Å². The van der Waals surface area contributed by atoms with Crippen LogP contribution in [0.2, 0.25) is 0 Å². The molecule has 2 heterocycles. The third-order valence-corrected chi connectivity index (χ3v) is 8.75. The molecule has 1 amide bonds. The second-order valence-electron chi connectivity index (χ2n) is 10.2. The summed E-state index contributed by atoms with van der Waals surface area (Å²) in [6.07, 6.45) is 1.24. The van der Waals surface area contributed by atoms with Crippen molar-refractivity contribution in [2.24, 2.45) is 5.41 Å². The number of hydrogen-bond donors (Lipinski definition) is 0. The molecule has 0 spiro atoms. The van der Waals surface area contributed by atoms with Crippen LogP contribution in [0, 0.1) is 5.41 Å². The van der Waals surface area contributed by atoms with Gasteiger partial charge in [-0.1, -0.05) is 19.1 Å². The zero-order valence-electron chi connectivity index (χ0n) is 19.5. The van der Waals surface area contributed by atoms with Gasteiger partial charge in [0.25, 0.3) is 0 Å². The molecule has 0 radical (unpaired) electrons. The maximum absolute atomic E-state index is 13.4. The maximum atomic E-state index is 13.4. The van der Waals surface area contributed by atoms with Gasteiger partial charge in [-0.2, -0.15) is 0 Å². The fraction of sp³-hybridized carbons (Fsp3) is 0.423. The highest BCUT2D eigenvalue weighted by atomic mass is 32.2. The third-order valence-electron chi connectivity index (χ3n) is 7.10. The van der Waals surface area contributed by atoms with Crippen molar-refractivity contribution in [1.29, 1.82) is 0 Å². The number of fused-ring (bicyclic) bond motifs is 1. The van der Waals surface area contributed by atoms with Crippen LogP contribution in [0.4, 0.5) is 11.4 Å². The molecule has 6 nitrogen and oxygen atoms in total. The van der Waals surface area contributed by atoms with Crippen molar-refractivity contribution in [3.63, 3.8) is 0 Å². The van der Waals surface area contributed by atoms with E-state index in [1.807, 2.05) is 20.8 Å². The topological polar surface area (TPSA) is 88.6 Å². The molecule has 0 unspecified atom stereocenters. The van der Waals surface area contributed by atoms with Gasteiger partial charge in [0.15, 0.2) is 11.6 Å². The Morgan fingerprint density at radius 3 is 2.27 bits per heavy atom. The molecule has 33 heavy (non-hydrogen) atoms. The molecule has 4 rings (SSSR count). The van der Waals surface area contributed by atoms with Gasteiger partial charge < -0.3 is 0 Å². The number of ketones is 2. The molecular weight excluding hydrogens is 438 g/mol. The lowest BCUT2D eigenvalue weighted by Gasteiger charge is -2.32. The highest BCUT2D eigenvalue weighted by molar-refractivity contribution is 7.91. The van der Waals surface area contributed by atoms with E-state index in [1.165, 1.54) is 6.92 Å². The molecule has 0 saturated carbocycles. The van der Waals surface area contributed by atoms with Crippen molar-refractivity contribution in [3.05, 3.63) is 59.2 Å². The fourth-order valence-electron chi connectivity index (χ4n) is 4.73. The van der Waals surface area contributed by atoms with Crippen LogP contribution in [-0.2, 0) is 20.0 Å². The summed E-state index contributed by atoms with van der Waals surface area (Å²) in [4.78, 5) is 40.0. The Balaban J connectivity index is 1.66. The Morgan fingerprint density at radius 1 is 0.970 bits per heavy atom. The first kappa shape index (κ1) is 23.4. The van der Waals surface area contributed by atoms with E-state index in [9.17, 15) is 22.8 Å². The van der Waals surface area contributed by atoms with E-state index in [-0.39, 0.29) is 40.8 Å².